The van der Waals surface area contributed by atoms with Crippen LogP contribution < -0.4 is 0 Å². The molecule has 3 saturated carbocycles. The van der Waals surface area contributed by atoms with Crippen LogP contribution in [0.25, 0.3) is 0 Å². The predicted octanol–water partition coefficient (Wildman–Crippen LogP) is 5.82. The van der Waals surface area contributed by atoms with Crippen LogP contribution >= 0.6 is 0 Å². The molecule has 1 heteroatoms. The quantitative estimate of drug-likeness (QED) is 0.573. The van der Waals surface area contributed by atoms with Gasteiger partial charge in [0.05, 0.1) is 24.7 Å². The molecule has 0 N–H and O–H groups in total. The second kappa shape index (κ2) is 7.49. The molecule has 0 aliphatic heterocycles. The van der Waals surface area contributed by atoms with Crippen LogP contribution in [0.1, 0.15) is 103 Å². The molecule has 0 bridgehead atoms. The monoisotopic (exact) mass is 292 g/mol. The first kappa shape index (κ1) is 15.8. The van der Waals surface area contributed by atoms with E-state index in [9.17, 15) is 0 Å². The first-order valence-electron chi connectivity index (χ1n) is 10.2. The van der Waals surface area contributed by atoms with E-state index in [2.05, 4.69) is 6.92 Å². The van der Waals surface area contributed by atoms with Gasteiger partial charge in [-0.05, 0) is 84.0 Å². The number of rotatable bonds is 4. The Morgan fingerprint density at radius 2 is 0.810 bits per heavy atom. The fourth-order valence-corrected chi connectivity index (χ4v) is 6.35. The zero-order valence-corrected chi connectivity index (χ0v) is 14.5. The largest absolute Gasteiger partial charge is 0.317 e. The Morgan fingerprint density at radius 1 is 0.524 bits per heavy atom. The molecule has 0 aromatic heterocycles. The number of nitrogens with zero attached hydrogens (tertiary/aromatic N) is 1. The van der Waals surface area contributed by atoms with E-state index in [0.29, 0.717) is 0 Å². The third-order valence-corrected chi connectivity index (χ3v) is 7.31. The molecule has 0 aromatic rings. The minimum Gasteiger partial charge on any atom is -0.317 e. The fourth-order valence-electron chi connectivity index (χ4n) is 6.35. The molecular weight excluding hydrogens is 254 g/mol. The SMILES string of the molecule is CC[N+](C1CCCCC1)(C1CCCCC1)C1CCCCC1. The zero-order valence-electron chi connectivity index (χ0n) is 14.5. The van der Waals surface area contributed by atoms with E-state index in [1.165, 1.54) is 64.3 Å². The van der Waals surface area contributed by atoms with Gasteiger partial charge in [0.2, 0.25) is 0 Å². The van der Waals surface area contributed by atoms with Gasteiger partial charge in [0.1, 0.15) is 0 Å². The van der Waals surface area contributed by atoms with E-state index in [-0.39, 0.29) is 0 Å². The minimum absolute atomic E-state index is 1.02. The molecule has 3 aliphatic rings. The molecule has 0 atom stereocenters. The van der Waals surface area contributed by atoms with Gasteiger partial charge in [-0.2, -0.15) is 0 Å². The maximum Gasteiger partial charge on any atom is 0.0894 e. The van der Waals surface area contributed by atoms with Crippen molar-refractivity contribution >= 4 is 0 Å². The highest BCUT2D eigenvalue weighted by atomic mass is 15.4. The average molecular weight is 293 g/mol. The highest BCUT2D eigenvalue weighted by molar-refractivity contribution is 4.80. The van der Waals surface area contributed by atoms with Crippen LogP contribution in [0, 0.1) is 0 Å². The molecular formula is C20H38N+. The van der Waals surface area contributed by atoms with Crippen molar-refractivity contribution in [3.8, 4) is 0 Å². The van der Waals surface area contributed by atoms with Crippen molar-refractivity contribution in [3.05, 3.63) is 0 Å². The second-order valence-electron chi connectivity index (χ2n) is 8.19. The summed E-state index contributed by atoms with van der Waals surface area (Å²) in [6.45, 7) is 3.97. The normalized spacial score (nSPS) is 27.9. The van der Waals surface area contributed by atoms with Crippen LogP contribution in [0.15, 0.2) is 0 Å². The average Bonchev–Trinajstić information content (AvgIpc) is 2.59. The number of hydrogen-bond donors (Lipinski definition) is 0. The van der Waals surface area contributed by atoms with E-state index in [0.717, 1.165) is 18.1 Å². The molecule has 3 aliphatic carbocycles. The predicted molar refractivity (Wildman–Crippen MR) is 91.4 cm³/mol. The summed E-state index contributed by atoms with van der Waals surface area (Å²) in [5.74, 6) is 0. The Morgan fingerprint density at radius 3 is 1.05 bits per heavy atom. The maximum atomic E-state index is 2.54. The van der Waals surface area contributed by atoms with Crippen molar-refractivity contribution in [1.82, 2.24) is 0 Å². The molecule has 0 spiro atoms. The first-order valence-corrected chi connectivity index (χ1v) is 10.2. The van der Waals surface area contributed by atoms with Gasteiger partial charge >= 0.3 is 0 Å². The molecule has 0 aromatic carbocycles. The Labute approximate surface area is 133 Å². The van der Waals surface area contributed by atoms with E-state index >= 15 is 0 Å². The molecule has 122 valence electrons. The minimum atomic E-state index is 1.02. The lowest BCUT2D eigenvalue weighted by Crippen LogP contribution is -2.67. The Hall–Kier alpha value is -0.0400. The van der Waals surface area contributed by atoms with Crippen LogP contribution in [-0.2, 0) is 0 Å². The molecule has 3 fully saturated rings. The maximum absolute atomic E-state index is 2.54. The summed E-state index contributed by atoms with van der Waals surface area (Å²) in [6.07, 6.45) is 22.9. The summed E-state index contributed by atoms with van der Waals surface area (Å²) in [7, 11) is 0. The van der Waals surface area contributed by atoms with E-state index in [1.54, 1.807) is 43.0 Å². The van der Waals surface area contributed by atoms with Crippen molar-refractivity contribution in [2.75, 3.05) is 6.54 Å². The Bertz CT molecular complexity index is 247. The number of quaternary nitrogens is 1. The summed E-state index contributed by atoms with van der Waals surface area (Å²) in [5, 5.41) is 0. The van der Waals surface area contributed by atoms with Crippen LogP contribution in [0.2, 0.25) is 0 Å². The van der Waals surface area contributed by atoms with Gasteiger partial charge in [0.15, 0.2) is 0 Å². The molecule has 0 amide bonds. The summed E-state index contributed by atoms with van der Waals surface area (Å²) in [5.41, 5.74) is 0. The number of hydrogen-bond acceptors (Lipinski definition) is 0. The van der Waals surface area contributed by atoms with Crippen LogP contribution in [-0.4, -0.2) is 29.2 Å². The smallest absolute Gasteiger partial charge is 0.0894 e. The van der Waals surface area contributed by atoms with Crippen molar-refractivity contribution in [2.24, 2.45) is 0 Å². The van der Waals surface area contributed by atoms with Gasteiger partial charge in [-0.1, -0.05) is 19.3 Å². The standard InChI is InChI=1S/C20H38N/c1-2-21(18-12-6-3-7-13-18,19-14-8-4-9-15-19)20-16-10-5-11-17-20/h18-20H,2-17H2,1H3/q+1. The van der Waals surface area contributed by atoms with Crippen molar-refractivity contribution < 1.29 is 4.48 Å². The van der Waals surface area contributed by atoms with Crippen LogP contribution in [0.4, 0.5) is 0 Å². The van der Waals surface area contributed by atoms with Crippen molar-refractivity contribution in [3.63, 3.8) is 0 Å². The van der Waals surface area contributed by atoms with Crippen LogP contribution in [0.5, 0.6) is 0 Å². The fraction of sp³-hybridized carbons (Fsp3) is 1.00. The third-order valence-electron chi connectivity index (χ3n) is 7.31. The van der Waals surface area contributed by atoms with Gasteiger partial charge in [-0.3, -0.25) is 0 Å². The molecule has 0 heterocycles. The lowest BCUT2D eigenvalue weighted by atomic mass is 9.80. The zero-order chi connectivity index (χ0) is 14.5. The molecule has 3 rings (SSSR count). The summed E-state index contributed by atoms with van der Waals surface area (Å²) < 4.78 is 1.57. The summed E-state index contributed by atoms with van der Waals surface area (Å²) in [6, 6.07) is 3.07. The van der Waals surface area contributed by atoms with Gasteiger partial charge < -0.3 is 4.48 Å². The Kier molecular flexibility index (Phi) is 5.65. The third kappa shape index (κ3) is 3.19. The molecule has 0 saturated heterocycles. The van der Waals surface area contributed by atoms with E-state index in [4.69, 9.17) is 0 Å². The van der Waals surface area contributed by atoms with E-state index in [1.807, 2.05) is 0 Å². The first-order chi connectivity index (χ1) is 10.4. The van der Waals surface area contributed by atoms with Gasteiger partial charge in [-0.25, -0.2) is 0 Å². The topological polar surface area (TPSA) is 0 Å². The lowest BCUT2D eigenvalue weighted by Gasteiger charge is -2.57. The molecule has 1 nitrogen and oxygen atoms in total. The molecule has 0 unspecified atom stereocenters. The van der Waals surface area contributed by atoms with Crippen LogP contribution in [0.3, 0.4) is 0 Å². The highest BCUT2D eigenvalue weighted by Crippen LogP contribution is 2.42. The van der Waals surface area contributed by atoms with Crippen molar-refractivity contribution in [1.29, 1.82) is 0 Å². The van der Waals surface area contributed by atoms with Crippen molar-refractivity contribution in [2.45, 2.75) is 121 Å². The molecule has 21 heavy (non-hydrogen) atoms. The van der Waals surface area contributed by atoms with Gasteiger partial charge in [0, 0.05) is 0 Å². The van der Waals surface area contributed by atoms with Gasteiger partial charge in [-0.15, -0.1) is 0 Å². The summed E-state index contributed by atoms with van der Waals surface area (Å²) >= 11 is 0. The van der Waals surface area contributed by atoms with E-state index < -0.39 is 0 Å². The lowest BCUT2D eigenvalue weighted by molar-refractivity contribution is -0.996. The highest BCUT2D eigenvalue weighted by Gasteiger charge is 2.48. The second-order valence-corrected chi connectivity index (χ2v) is 8.19. The van der Waals surface area contributed by atoms with Gasteiger partial charge in [0.25, 0.3) is 0 Å². The summed E-state index contributed by atoms with van der Waals surface area (Å²) in [4.78, 5) is 0. The molecule has 0 radical (unpaired) electrons. The Balaban J connectivity index is 1.85.